The Morgan fingerprint density at radius 1 is 1.57 bits per heavy atom. The molecule has 1 N–H and O–H groups in total. The van der Waals surface area contributed by atoms with Gasteiger partial charge in [-0.1, -0.05) is 6.92 Å². The highest BCUT2D eigenvalue weighted by atomic mass is 16.6. The van der Waals surface area contributed by atoms with Crippen molar-refractivity contribution in [2.24, 2.45) is 0 Å². The van der Waals surface area contributed by atoms with Crippen LogP contribution in [0.25, 0.3) is 0 Å². The third-order valence-electron chi connectivity index (χ3n) is 3.30. The summed E-state index contributed by atoms with van der Waals surface area (Å²) in [5, 5.41) is 18.6. The van der Waals surface area contributed by atoms with Gasteiger partial charge in [-0.2, -0.15) is 5.10 Å². The van der Waals surface area contributed by atoms with Crippen molar-refractivity contribution < 1.29 is 14.4 Å². The normalized spacial score (nSPS) is 22.2. The molecule has 0 spiro atoms. The van der Waals surface area contributed by atoms with Crippen LogP contribution in [0.2, 0.25) is 0 Å². The van der Waals surface area contributed by atoms with Crippen LogP contribution in [-0.2, 0) is 11.3 Å². The molecule has 2 rings (SSSR count). The maximum atomic E-state index is 11.2. The summed E-state index contributed by atoms with van der Waals surface area (Å²) < 4.78 is 13.0. The Morgan fingerprint density at radius 2 is 2.33 bits per heavy atom. The van der Waals surface area contributed by atoms with E-state index in [0.717, 1.165) is 13.0 Å². The molecule has 0 amide bonds. The molecule has 1 aliphatic heterocycles. The Balaban J connectivity index is 2.11. The summed E-state index contributed by atoms with van der Waals surface area (Å²) in [4.78, 5) is 10.8. The minimum Gasteiger partial charge on any atom is -0.470 e. The lowest BCUT2D eigenvalue weighted by Gasteiger charge is -2.28. The summed E-state index contributed by atoms with van der Waals surface area (Å²) in [7, 11) is 0. The van der Waals surface area contributed by atoms with Gasteiger partial charge in [0.15, 0.2) is 0 Å². The zero-order valence-corrected chi connectivity index (χ0v) is 12.7. The fraction of sp³-hybridized carbons (Fsp3) is 0.769. The fourth-order valence-electron chi connectivity index (χ4n) is 2.41. The van der Waals surface area contributed by atoms with Crippen molar-refractivity contribution in [2.45, 2.75) is 45.9 Å². The van der Waals surface area contributed by atoms with E-state index >= 15 is 0 Å². The van der Waals surface area contributed by atoms with Crippen LogP contribution in [0.5, 0.6) is 5.88 Å². The number of morpholine rings is 1. The first-order chi connectivity index (χ1) is 10.0. The summed E-state index contributed by atoms with van der Waals surface area (Å²) in [5.74, 6) is 0.223. The zero-order valence-electron chi connectivity index (χ0n) is 12.7. The fourth-order valence-corrected chi connectivity index (χ4v) is 2.41. The molecule has 8 heteroatoms. The topological polar surface area (TPSA) is 91.5 Å². The first-order valence-corrected chi connectivity index (χ1v) is 7.23. The summed E-state index contributed by atoms with van der Waals surface area (Å²) in [6, 6.07) is 0. The van der Waals surface area contributed by atoms with Gasteiger partial charge in [0, 0.05) is 19.6 Å². The number of nitro groups is 1. The smallest absolute Gasteiger partial charge is 0.353 e. The monoisotopic (exact) mass is 298 g/mol. The molecule has 1 aromatic rings. The van der Waals surface area contributed by atoms with Crippen LogP contribution in [0.1, 0.15) is 26.0 Å². The number of hydrogen-bond acceptors (Lipinski definition) is 6. The highest BCUT2D eigenvalue weighted by molar-refractivity contribution is 5.45. The van der Waals surface area contributed by atoms with Crippen molar-refractivity contribution in [1.29, 1.82) is 0 Å². The molecule has 0 bridgehead atoms. The summed E-state index contributed by atoms with van der Waals surface area (Å²) in [5.41, 5.74) is 0.319. The van der Waals surface area contributed by atoms with Crippen molar-refractivity contribution in [2.75, 3.05) is 19.7 Å². The van der Waals surface area contributed by atoms with Gasteiger partial charge in [0.05, 0.1) is 11.0 Å². The van der Waals surface area contributed by atoms with E-state index in [1.54, 1.807) is 11.6 Å². The van der Waals surface area contributed by atoms with Crippen LogP contribution in [0.15, 0.2) is 0 Å². The van der Waals surface area contributed by atoms with E-state index in [9.17, 15) is 10.1 Å². The number of hydrogen-bond donors (Lipinski definition) is 1. The van der Waals surface area contributed by atoms with Crippen molar-refractivity contribution in [3.63, 3.8) is 0 Å². The van der Waals surface area contributed by atoms with E-state index in [4.69, 9.17) is 9.47 Å². The molecule has 2 heterocycles. The number of aryl methyl sites for hydroxylation is 2. The highest BCUT2D eigenvalue weighted by Gasteiger charge is 2.28. The molecule has 21 heavy (non-hydrogen) atoms. The van der Waals surface area contributed by atoms with Crippen LogP contribution >= 0.6 is 0 Å². The molecular formula is C13H22N4O4. The molecule has 0 aromatic carbocycles. The van der Waals surface area contributed by atoms with Crippen LogP contribution in [0, 0.1) is 17.0 Å². The summed E-state index contributed by atoms with van der Waals surface area (Å²) >= 11 is 0. The third-order valence-corrected chi connectivity index (χ3v) is 3.30. The van der Waals surface area contributed by atoms with E-state index in [-0.39, 0.29) is 30.4 Å². The van der Waals surface area contributed by atoms with E-state index in [0.29, 0.717) is 18.8 Å². The SMILES string of the molecule is CCCn1nc(C)c([N+](=O)[O-])c1OCC1CNCC(C)O1. The average molecular weight is 298 g/mol. The molecule has 0 radical (unpaired) electrons. The van der Waals surface area contributed by atoms with Crippen molar-refractivity contribution >= 4 is 5.69 Å². The Kier molecular flexibility index (Phi) is 5.13. The molecule has 0 aliphatic carbocycles. The van der Waals surface area contributed by atoms with Gasteiger partial charge in [-0.3, -0.25) is 10.1 Å². The largest absolute Gasteiger partial charge is 0.470 e. The molecule has 118 valence electrons. The molecular weight excluding hydrogens is 276 g/mol. The Morgan fingerprint density at radius 3 is 2.95 bits per heavy atom. The predicted octanol–water partition coefficient (Wildman–Crippen LogP) is 1.27. The lowest BCUT2D eigenvalue weighted by molar-refractivity contribution is -0.386. The van der Waals surface area contributed by atoms with E-state index in [1.165, 1.54) is 0 Å². The second kappa shape index (κ2) is 6.86. The number of aromatic nitrogens is 2. The van der Waals surface area contributed by atoms with Gasteiger partial charge >= 0.3 is 5.69 Å². The van der Waals surface area contributed by atoms with Crippen molar-refractivity contribution in [3.05, 3.63) is 15.8 Å². The highest BCUT2D eigenvalue weighted by Crippen LogP contribution is 2.31. The van der Waals surface area contributed by atoms with Gasteiger partial charge < -0.3 is 14.8 Å². The van der Waals surface area contributed by atoms with E-state index in [1.807, 2.05) is 13.8 Å². The molecule has 0 saturated carbocycles. The number of nitrogens with zero attached hydrogens (tertiary/aromatic N) is 3. The summed E-state index contributed by atoms with van der Waals surface area (Å²) in [6.45, 7) is 7.94. The maximum absolute atomic E-state index is 11.2. The number of rotatable bonds is 6. The second-order valence-corrected chi connectivity index (χ2v) is 5.26. The van der Waals surface area contributed by atoms with Gasteiger partial charge in [-0.15, -0.1) is 0 Å². The quantitative estimate of drug-likeness (QED) is 0.628. The Hall–Kier alpha value is -1.67. The molecule has 2 atom stereocenters. The zero-order chi connectivity index (χ0) is 15.4. The van der Waals surface area contributed by atoms with Gasteiger partial charge in [0.25, 0.3) is 5.88 Å². The third kappa shape index (κ3) is 3.70. The molecule has 1 aliphatic rings. The summed E-state index contributed by atoms with van der Waals surface area (Å²) in [6.07, 6.45) is 0.830. The first kappa shape index (κ1) is 15.7. The van der Waals surface area contributed by atoms with Crippen LogP contribution in [0.4, 0.5) is 5.69 Å². The van der Waals surface area contributed by atoms with Crippen molar-refractivity contribution in [1.82, 2.24) is 15.1 Å². The van der Waals surface area contributed by atoms with Crippen LogP contribution < -0.4 is 10.1 Å². The number of nitrogens with one attached hydrogen (secondary N) is 1. The van der Waals surface area contributed by atoms with Crippen LogP contribution in [0.3, 0.4) is 0 Å². The Bertz CT molecular complexity index is 503. The van der Waals surface area contributed by atoms with E-state index < -0.39 is 4.92 Å². The first-order valence-electron chi connectivity index (χ1n) is 7.23. The molecule has 1 aromatic heterocycles. The molecule has 2 unspecified atom stereocenters. The van der Waals surface area contributed by atoms with E-state index in [2.05, 4.69) is 10.4 Å². The predicted molar refractivity (Wildman–Crippen MR) is 76.6 cm³/mol. The lowest BCUT2D eigenvalue weighted by Crippen LogP contribution is -2.46. The minimum absolute atomic E-state index is 0.0553. The maximum Gasteiger partial charge on any atom is 0.353 e. The van der Waals surface area contributed by atoms with Gasteiger partial charge in [0.1, 0.15) is 18.4 Å². The van der Waals surface area contributed by atoms with Crippen LogP contribution in [-0.4, -0.2) is 46.6 Å². The van der Waals surface area contributed by atoms with Gasteiger partial charge in [-0.25, -0.2) is 4.68 Å². The second-order valence-electron chi connectivity index (χ2n) is 5.26. The standard InChI is InChI=1S/C13H22N4O4/c1-4-5-16-13(12(17(18)19)10(3)15-16)20-8-11-7-14-6-9(2)21-11/h9,11,14H,4-8H2,1-3H3. The lowest BCUT2D eigenvalue weighted by atomic mass is 10.2. The molecule has 1 fully saturated rings. The average Bonchev–Trinajstić information content (AvgIpc) is 2.73. The van der Waals surface area contributed by atoms with Gasteiger partial charge in [-0.05, 0) is 20.3 Å². The van der Waals surface area contributed by atoms with Crippen molar-refractivity contribution in [3.8, 4) is 5.88 Å². The van der Waals surface area contributed by atoms with Gasteiger partial charge in [0.2, 0.25) is 0 Å². The minimum atomic E-state index is -0.438. The molecule has 8 nitrogen and oxygen atoms in total. The Labute approximate surface area is 123 Å². The number of ether oxygens (including phenoxy) is 2. The molecule has 1 saturated heterocycles.